The highest BCUT2D eigenvalue weighted by atomic mass is 31.2. The first kappa shape index (κ1) is 51.6. The van der Waals surface area contributed by atoms with E-state index in [2.05, 4.69) is 25.3 Å². The molecular weight excluding hydrogens is 731 g/mol. The number of esters is 2. The molecule has 8 atom stereocenters. The summed E-state index contributed by atoms with van der Waals surface area (Å²) in [6, 6.07) is 0. The fourth-order valence-corrected chi connectivity index (χ4v) is 7.65. The molecule has 1 aliphatic rings. The lowest BCUT2D eigenvalue weighted by molar-refractivity contribution is -0.161. The largest absolute Gasteiger partial charge is 0.472 e. The topological polar surface area (TPSA) is 210 Å². The molecule has 0 amide bonds. The molecule has 14 heteroatoms. The summed E-state index contributed by atoms with van der Waals surface area (Å²) in [5.74, 6) is -0.632. The Morgan fingerprint density at radius 1 is 0.745 bits per heavy atom. The standard InChI is InChI=1S/C41H77O13P/c1-4-5-15-21-33(43)25-26-37-36(38(45)27-39(37)46)22-17-13-14-19-24-41(48)54-35(31-53-55(49,50)52-29-34(44)28-42)30-51-40(47)23-18-12-10-8-6-7-9-11-16-20-32(2)3/h25-26,32-39,42-46H,4-24,27-31H2,1-3H3,(H,49,50)/b26-25+/t33-,34-,35+,36+,37+,38-,39+/m0/s1. The van der Waals surface area contributed by atoms with Crippen molar-refractivity contribution < 1.29 is 63.1 Å². The Bertz CT molecular complexity index is 1060. The van der Waals surface area contributed by atoms with Crippen LogP contribution < -0.4 is 0 Å². The van der Waals surface area contributed by atoms with E-state index in [0.29, 0.717) is 38.5 Å². The summed E-state index contributed by atoms with van der Waals surface area (Å²) < 4.78 is 32.7. The molecule has 6 N–H and O–H groups in total. The van der Waals surface area contributed by atoms with Gasteiger partial charge in [0.1, 0.15) is 12.7 Å². The molecule has 1 rings (SSSR count). The summed E-state index contributed by atoms with van der Waals surface area (Å²) >= 11 is 0. The first-order chi connectivity index (χ1) is 26.3. The number of hydrogen-bond donors (Lipinski definition) is 6. The summed E-state index contributed by atoms with van der Waals surface area (Å²) in [6.07, 6.45) is 18.3. The van der Waals surface area contributed by atoms with Crippen LogP contribution in [0.1, 0.15) is 162 Å². The SMILES string of the molecule is CCCCC[C@H](O)/C=C/[C@@H]1[C@@H](CCCCCCC(=O)O[C@H](COC(=O)CCCCCCCCCCCC(C)C)COP(=O)(O)OC[C@@H](O)CO)[C@@H](O)C[C@H]1O. The lowest BCUT2D eigenvalue weighted by Crippen LogP contribution is -2.29. The number of rotatable bonds is 35. The number of aliphatic hydroxyl groups is 5. The minimum atomic E-state index is -4.67. The summed E-state index contributed by atoms with van der Waals surface area (Å²) in [6.45, 7) is 4.32. The highest BCUT2D eigenvalue weighted by Gasteiger charge is 2.39. The van der Waals surface area contributed by atoms with Crippen LogP contribution in [0.3, 0.4) is 0 Å². The van der Waals surface area contributed by atoms with E-state index in [1.54, 1.807) is 6.08 Å². The van der Waals surface area contributed by atoms with Gasteiger partial charge in [-0.1, -0.05) is 129 Å². The number of phosphoric acid groups is 1. The molecule has 55 heavy (non-hydrogen) atoms. The number of carbonyl (C=O) groups excluding carboxylic acids is 2. The molecule has 1 aliphatic carbocycles. The van der Waals surface area contributed by atoms with E-state index in [-0.39, 0.29) is 31.3 Å². The zero-order valence-corrected chi connectivity index (χ0v) is 35.0. The first-order valence-corrected chi connectivity index (χ1v) is 22.8. The maximum Gasteiger partial charge on any atom is 0.472 e. The molecule has 0 radical (unpaired) electrons. The molecule has 0 aliphatic heterocycles. The number of phosphoric ester groups is 1. The second-order valence-electron chi connectivity index (χ2n) is 15.8. The Balaban J connectivity index is 2.47. The molecule has 324 valence electrons. The van der Waals surface area contributed by atoms with Gasteiger partial charge in [-0.3, -0.25) is 18.6 Å². The van der Waals surface area contributed by atoms with Crippen LogP contribution >= 0.6 is 7.82 Å². The van der Waals surface area contributed by atoms with Gasteiger partial charge >= 0.3 is 19.8 Å². The lowest BCUT2D eigenvalue weighted by Gasteiger charge is -2.21. The van der Waals surface area contributed by atoms with Crippen molar-refractivity contribution in [1.29, 1.82) is 0 Å². The van der Waals surface area contributed by atoms with Gasteiger partial charge < -0.3 is 39.9 Å². The van der Waals surface area contributed by atoms with E-state index >= 15 is 0 Å². The average molecular weight is 809 g/mol. The van der Waals surface area contributed by atoms with Crippen molar-refractivity contribution in [3.05, 3.63) is 12.2 Å². The number of unbranched alkanes of at least 4 members (excludes halogenated alkanes) is 13. The summed E-state index contributed by atoms with van der Waals surface area (Å²) in [5, 5.41) is 49.7. The highest BCUT2D eigenvalue weighted by molar-refractivity contribution is 7.47. The zero-order valence-electron chi connectivity index (χ0n) is 34.1. The molecule has 0 spiro atoms. The summed E-state index contributed by atoms with van der Waals surface area (Å²) in [7, 11) is -4.67. The van der Waals surface area contributed by atoms with E-state index < -0.39 is 70.1 Å². The first-order valence-electron chi connectivity index (χ1n) is 21.3. The van der Waals surface area contributed by atoms with Gasteiger partial charge in [0.25, 0.3) is 0 Å². The van der Waals surface area contributed by atoms with Crippen molar-refractivity contribution in [2.45, 2.75) is 193 Å². The Morgan fingerprint density at radius 2 is 1.31 bits per heavy atom. The third-order valence-corrected chi connectivity index (χ3v) is 11.1. The monoisotopic (exact) mass is 809 g/mol. The maximum atomic E-state index is 12.7. The van der Waals surface area contributed by atoms with Crippen LogP contribution in [0.5, 0.6) is 0 Å². The number of carbonyl (C=O) groups is 2. The molecular formula is C41H77O13P. The summed E-state index contributed by atoms with van der Waals surface area (Å²) in [4.78, 5) is 35.1. The van der Waals surface area contributed by atoms with Crippen molar-refractivity contribution in [3.8, 4) is 0 Å². The molecule has 0 aromatic rings. The van der Waals surface area contributed by atoms with Crippen LogP contribution in [-0.2, 0) is 32.7 Å². The van der Waals surface area contributed by atoms with Gasteiger partial charge in [-0.2, -0.15) is 0 Å². The third-order valence-electron chi connectivity index (χ3n) is 10.2. The predicted octanol–water partition coefficient (Wildman–Crippen LogP) is 7.07. The quantitative estimate of drug-likeness (QED) is 0.0164. The molecule has 1 fully saturated rings. The van der Waals surface area contributed by atoms with Crippen molar-refractivity contribution >= 4 is 19.8 Å². The van der Waals surface area contributed by atoms with Crippen molar-refractivity contribution in [2.75, 3.05) is 26.4 Å². The Labute approximate surface area is 331 Å². The average Bonchev–Trinajstić information content (AvgIpc) is 3.41. The van der Waals surface area contributed by atoms with E-state index in [1.807, 2.05) is 6.08 Å². The molecule has 0 saturated heterocycles. The Kier molecular flexibility index (Phi) is 29.6. The fraction of sp³-hybridized carbons (Fsp3) is 0.902. The van der Waals surface area contributed by atoms with Gasteiger partial charge in [0.15, 0.2) is 6.10 Å². The third kappa shape index (κ3) is 27.0. The van der Waals surface area contributed by atoms with E-state index in [1.165, 1.54) is 38.5 Å². The van der Waals surface area contributed by atoms with E-state index in [9.17, 15) is 39.5 Å². The second-order valence-corrected chi connectivity index (χ2v) is 17.3. The van der Waals surface area contributed by atoms with E-state index in [4.69, 9.17) is 19.1 Å². The van der Waals surface area contributed by atoms with Gasteiger partial charge in [0, 0.05) is 25.2 Å². The smallest absolute Gasteiger partial charge is 0.462 e. The minimum absolute atomic E-state index is 0.0599. The van der Waals surface area contributed by atoms with Gasteiger partial charge in [-0.15, -0.1) is 0 Å². The molecule has 0 aromatic carbocycles. The van der Waals surface area contributed by atoms with Crippen molar-refractivity contribution in [2.24, 2.45) is 17.8 Å². The highest BCUT2D eigenvalue weighted by Crippen LogP contribution is 2.43. The maximum absolute atomic E-state index is 12.7. The normalized spacial score (nSPS) is 21.5. The number of ether oxygens (including phenoxy) is 2. The molecule has 13 nitrogen and oxygen atoms in total. The minimum Gasteiger partial charge on any atom is -0.462 e. The van der Waals surface area contributed by atoms with Crippen LogP contribution in [-0.4, -0.2) is 99.3 Å². The van der Waals surface area contributed by atoms with Crippen LogP contribution in [0.4, 0.5) is 0 Å². The second kappa shape index (κ2) is 31.6. The zero-order chi connectivity index (χ0) is 40.9. The van der Waals surface area contributed by atoms with Gasteiger partial charge in [-0.05, 0) is 37.5 Å². The van der Waals surface area contributed by atoms with Crippen molar-refractivity contribution in [3.63, 3.8) is 0 Å². The molecule has 0 bridgehead atoms. The molecule has 1 unspecified atom stereocenters. The fourth-order valence-electron chi connectivity index (χ4n) is 6.86. The van der Waals surface area contributed by atoms with Gasteiger partial charge in [-0.25, -0.2) is 4.57 Å². The lowest BCUT2D eigenvalue weighted by atomic mass is 9.88. The molecule has 0 heterocycles. The van der Waals surface area contributed by atoms with Crippen LogP contribution in [0.25, 0.3) is 0 Å². The van der Waals surface area contributed by atoms with Crippen molar-refractivity contribution in [1.82, 2.24) is 0 Å². The summed E-state index contributed by atoms with van der Waals surface area (Å²) in [5.41, 5.74) is 0. The van der Waals surface area contributed by atoms with Crippen LogP contribution in [0.15, 0.2) is 12.2 Å². The van der Waals surface area contributed by atoms with Gasteiger partial charge in [0.05, 0.1) is 38.1 Å². The Morgan fingerprint density at radius 3 is 1.93 bits per heavy atom. The van der Waals surface area contributed by atoms with Crippen LogP contribution in [0.2, 0.25) is 0 Å². The predicted molar refractivity (Wildman–Crippen MR) is 212 cm³/mol. The number of hydrogen-bond acceptors (Lipinski definition) is 12. The molecule has 0 aromatic heterocycles. The van der Waals surface area contributed by atoms with E-state index in [0.717, 1.165) is 57.3 Å². The Hall–Kier alpha value is -1.41. The van der Waals surface area contributed by atoms with Crippen LogP contribution in [0, 0.1) is 17.8 Å². The number of aliphatic hydroxyl groups excluding tert-OH is 5. The van der Waals surface area contributed by atoms with Gasteiger partial charge in [0.2, 0.25) is 0 Å². The molecule has 1 saturated carbocycles.